The average molecular weight is 308 g/mol. The highest BCUT2D eigenvalue weighted by Crippen LogP contribution is 2.28. The molecule has 21 heavy (non-hydrogen) atoms. The molecule has 0 fully saturated rings. The van der Waals surface area contributed by atoms with Gasteiger partial charge in [0, 0.05) is 19.7 Å². The van der Waals surface area contributed by atoms with Crippen LogP contribution in [0.15, 0.2) is 36.4 Å². The number of nitrogens with one attached hydrogen (secondary N) is 1. The number of rotatable bonds is 3. The molecule has 0 saturated carbocycles. The van der Waals surface area contributed by atoms with Crippen LogP contribution in [-0.4, -0.2) is 24.9 Å². The van der Waals surface area contributed by atoms with Crippen LogP contribution in [0.4, 0.5) is 21.5 Å². The van der Waals surface area contributed by atoms with E-state index in [9.17, 15) is 9.18 Å². The largest absolute Gasteiger partial charge is 0.397 e. The first kappa shape index (κ1) is 15.1. The Hall–Kier alpha value is -2.27. The molecule has 2 aromatic carbocycles. The number of carbonyl (C=O) groups excluding carboxylic acids is 1. The van der Waals surface area contributed by atoms with Gasteiger partial charge in [-0.3, -0.25) is 4.79 Å². The molecule has 0 bridgehead atoms. The second-order valence-electron chi connectivity index (χ2n) is 4.73. The SMILES string of the molecule is CN(C)C(=O)c1ccc(Nc2cccc(Cl)c2F)c(N)c1. The highest BCUT2D eigenvalue weighted by atomic mass is 35.5. The Morgan fingerprint density at radius 2 is 1.95 bits per heavy atom. The minimum atomic E-state index is -0.549. The van der Waals surface area contributed by atoms with E-state index in [0.717, 1.165) is 0 Å². The van der Waals surface area contributed by atoms with Gasteiger partial charge in [-0.15, -0.1) is 0 Å². The van der Waals surface area contributed by atoms with Crippen LogP contribution < -0.4 is 11.1 Å². The van der Waals surface area contributed by atoms with Crippen molar-refractivity contribution >= 4 is 34.6 Å². The van der Waals surface area contributed by atoms with Crippen molar-refractivity contribution in [3.05, 3.63) is 52.8 Å². The van der Waals surface area contributed by atoms with Gasteiger partial charge in [-0.1, -0.05) is 17.7 Å². The maximum absolute atomic E-state index is 13.8. The fraction of sp³-hybridized carbons (Fsp3) is 0.133. The fourth-order valence-corrected chi connectivity index (χ4v) is 1.99. The zero-order valence-corrected chi connectivity index (χ0v) is 12.4. The van der Waals surface area contributed by atoms with Crippen molar-refractivity contribution in [2.75, 3.05) is 25.1 Å². The lowest BCUT2D eigenvalue weighted by Gasteiger charge is -2.14. The lowest BCUT2D eigenvalue weighted by molar-refractivity contribution is 0.0827. The quantitative estimate of drug-likeness (QED) is 0.853. The number of carbonyl (C=O) groups is 1. The van der Waals surface area contributed by atoms with Gasteiger partial charge in [0.2, 0.25) is 0 Å². The molecule has 0 aliphatic heterocycles. The van der Waals surface area contributed by atoms with Crippen molar-refractivity contribution in [1.29, 1.82) is 0 Å². The third-order valence-electron chi connectivity index (χ3n) is 2.93. The molecule has 0 aliphatic carbocycles. The number of nitrogens with zero attached hydrogens (tertiary/aromatic N) is 1. The number of anilines is 3. The lowest BCUT2D eigenvalue weighted by Crippen LogP contribution is -2.21. The zero-order valence-electron chi connectivity index (χ0n) is 11.7. The molecular formula is C15H15ClFN3O. The molecule has 0 aliphatic rings. The van der Waals surface area contributed by atoms with Crippen molar-refractivity contribution in [1.82, 2.24) is 4.90 Å². The highest BCUT2D eigenvalue weighted by molar-refractivity contribution is 6.31. The van der Waals surface area contributed by atoms with Gasteiger partial charge in [-0.05, 0) is 30.3 Å². The second kappa shape index (κ2) is 6.01. The third kappa shape index (κ3) is 3.25. The van der Waals surface area contributed by atoms with Crippen LogP contribution in [-0.2, 0) is 0 Å². The summed E-state index contributed by atoms with van der Waals surface area (Å²) >= 11 is 5.73. The van der Waals surface area contributed by atoms with Gasteiger partial charge < -0.3 is 16.0 Å². The maximum atomic E-state index is 13.8. The van der Waals surface area contributed by atoms with Gasteiger partial charge in [0.15, 0.2) is 5.82 Å². The van der Waals surface area contributed by atoms with Crippen molar-refractivity contribution < 1.29 is 9.18 Å². The summed E-state index contributed by atoms with van der Waals surface area (Å²) in [4.78, 5) is 13.3. The van der Waals surface area contributed by atoms with E-state index in [4.69, 9.17) is 17.3 Å². The molecule has 110 valence electrons. The van der Waals surface area contributed by atoms with Crippen LogP contribution in [0.5, 0.6) is 0 Å². The summed E-state index contributed by atoms with van der Waals surface area (Å²) in [7, 11) is 3.32. The van der Waals surface area contributed by atoms with Gasteiger partial charge in [0.25, 0.3) is 5.91 Å². The number of nitrogen functional groups attached to an aromatic ring is 1. The average Bonchev–Trinajstić information content (AvgIpc) is 2.44. The smallest absolute Gasteiger partial charge is 0.253 e. The van der Waals surface area contributed by atoms with Crippen molar-refractivity contribution in [2.45, 2.75) is 0 Å². The highest BCUT2D eigenvalue weighted by Gasteiger charge is 2.12. The van der Waals surface area contributed by atoms with Gasteiger partial charge in [-0.2, -0.15) is 0 Å². The lowest BCUT2D eigenvalue weighted by atomic mass is 10.1. The molecule has 0 saturated heterocycles. The normalized spacial score (nSPS) is 10.3. The van der Waals surface area contributed by atoms with E-state index < -0.39 is 5.82 Å². The molecule has 0 atom stereocenters. The Labute approximate surface area is 127 Å². The number of benzene rings is 2. The van der Waals surface area contributed by atoms with Crippen LogP contribution in [0.2, 0.25) is 5.02 Å². The molecular weight excluding hydrogens is 293 g/mol. The Bertz CT molecular complexity index is 689. The first-order valence-electron chi connectivity index (χ1n) is 6.22. The Morgan fingerprint density at radius 1 is 1.24 bits per heavy atom. The summed E-state index contributed by atoms with van der Waals surface area (Å²) in [6.07, 6.45) is 0. The Morgan fingerprint density at radius 3 is 2.57 bits per heavy atom. The minimum Gasteiger partial charge on any atom is -0.397 e. The van der Waals surface area contributed by atoms with Crippen LogP contribution in [0.25, 0.3) is 0 Å². The van der Waals surface area contributed by atoms with Gasteiger partial charge in [0.1, 0.15) is 0 Å². The summed E-state index contributed by atoms with van der Waals surface area (Å²) < 4.78 is 13.8. The number of nitrogens with two attached hydrogens (primary N) is 1. The van der Waals surface area contributed by atoms with Crippen LogP contribution >= 0.6 is 11.6 Å². The molecule has 2 rings (SSSR count). The topological polar surface area (TPSA) is 58.4 Å². The zero-order chi connectivity index (χ0) is 15.6. The molecule has 0 radical (unpaired) electrons. The van der Waals surface area contributed by atoms with E-state index in [2.05, 4.69) is 5.32 Å². The predicted octanol–water partition coefficient (Wildman–Crippen LogP) is 3.51. The minimum absolute atomic E-state index is 0.0259. The van der Waals surface area contributed by atoms with Crippen LogP contribution in [0.1, 0.15) is 10.4 Å². The van der Waals surface area contributed by atoms with E-state index in [1.54, 1.807) is 44.4 Å². The number of hydrogen-bond acceptors (Lipinski definition) is 3. The van der Waals surface area contributed by atoms with Gasteiger partial charge >= 0.3 is 0 Å². The summed E-state index contributed by atoms with van der Waals surface area (Å²) in [6.45, 7) is 0. The van der Waals surface area contributed by atoms with E-state index in [1.165, 1.54) is 11.0 Å². The molecule has 4 nitrogen and oxygen atoms in total. The van der Waals surface area contributed by atoms with E-state index >= 15 is 0 Å². The molecule has 0 aromatic heterocycles. The summed E-state index contributed by atoms with van der Waals surface area (Å²) in [5, 5.41) is 2.89. The van der Waals surface area contributed by atoms with E-state index in [-0.39, 0.29) is 16.6 Å². The van der Waals surface area contributed by atoms with Crippen LogP contribution in [0.3, 0.4) is 0 Å². The maximum Gasteiger partial charge on any atom is 0.253 e. The predicted molar refractivity (Wildman–Crippen MR) is 83.6 cm³/mol. The van der Waals surface area contributed by atoms with Crippen molar-refractivity contribution in [2.24, 2.45) is 0 Å². The van der Waals surface area contributed by atoms with Crippen LogP contribution in [0, 0.1) is 5.82 Å². The van der Waals surface area contributed by atoms with Gasteiger partial charge in [0.05, 0.1) is 22.1 Å². The van der Waals surface area contributed by atoms with Crippen molar-refractivity contribution in [3.8, 4) is 0 Å². The number of amides is 1. The monoisotopic (exact) mass is 307 g/mol. The molecule has 0 spiro atoms. The Kier molecular flexibility index (Phi) is 4.33. The second-order valence-corrected chi connectivity index (χ2v) is 5.14. The Balaban J connectivity index is 2.30. The van der Waals surface area contributed by atoms with Crippen molar-refractivity contribution in [3.63, 3.8) is 0 Å². The fourth-order valence-electron chi connectivity index (χ4n) is 1.81. The molecule has 3 N–H and O–H groups in total. The summed E-state index contributed by atoms with van der Waals surface area (Å²) in [5.41, 5.74) is 7.45. The molecule has 2 aromatic rings. The van der Waals surface area contributed by atoms with Gasteiger partial charge in [-0.25, -0.2) is 4.39 Å². The van der Waals surface area contributed by atoms with E-state index in [1.807, 2.05) is 0 Å². The first-order valence-corrected chi connectivity index (χ1v) is 6.60. The molecule has 1 amide bonds. The summed E-state index contributed by atoms with van der Waals surface area (Å²) in [6, 6.07) is 9.46. The first-order chi connectivity index (χ1) is 9.90. The number of hydrogen-bond donors (Lipinski definition) is 2. The number of halogens is 2. The van der Waals surface area contributed by atoms with E-state index in [0.29, 0.717) is 16.9 Å². The molecule has 6 heteroatoms. The molecule has 0 heterocycles. The molecule has 0 unspecified atom stereocenters. The summed E-state index contributed by atoms with van der Waals surface area (Å²) in [5.74, 6) is -0.700. The standard InChI is InChI=1S/C15H15ClFN3O/c1-20(2)15(21)9-6-7-12(11(18)8-9)19-13-5-3-4-10(16)14(13)17/h3-8,19H,18H2,1-2H3. The third-order valence-corrected chi connectivity index (χ3v) is 3.22.